The van der Waals surface area contributed by atoms with Crippen LogP contribution in [0.4, 0.5) is 0 Å². The Morgan fingerprint density at radius 3 is 2.76 bits per heavy atom. The molecule has 0 bridgehead atoms. The number of aromatic nitrogens is 1. The Balaban J connectivity index is 1.33. The summed E-state index contributed by atoms with van der Waals surface area (Å²) in [5, 5.41) is 1.19. The monoisotopic (exact) mass is 341 g/mol. The van der Waals surface area contributed by atoms with Gasteiger partial charge >= 0.3 is 0 Å². The van der Waals surface area contributed by atoms with Crippen LogP contribution in [0.2, 0.25) is 0 Å². The molecule has 0 saturated carbocycles. The highest BCUT2D eigenvalue weighted by molar-refractivity contribution is 5.83. The quantitative estimate of drug-likeness (QED) is 0.860. The van der Waals surface area contributed by atoms with Crippen LogP contribution in [-0.2, 0) is 16.1 Å². The van der Waals surface area contributed by atoms with Crippen molar-refractivity contribution in [3.63, 3.8) is 0 Å². The van der Waals surface area contributed by atoms with E-state index in [9.17, 15) is 4.79 Å². The molecule has 5 nitrogen and oxygen atoms in total. The lowest BCUT2D eigenvalue weighted by Gasteiger charge is -2.41. The molecule has 1 amide bonds. The molecule has 0 N–H and O–H groups in total. The summed E-state index contributed by atoms with van der Waals surface area (Å²) in [6.45, 7) is 7.20. The molecule has 0 aliphatic carbocycles. The number of benzene rings is 1. The summed E-state index contributed by atoms with van der Waals surface area (Å²) in [6.07, 6.45) is 4.50. The minimum Gasteiger partial charge on any atom is -0.376 e. The predicted octanol–water partition coefficient (Wildman–Crippen LogP) is 2.35. The van der Waals surface area contributed by atoms with Crippen molar-refractivity contribution >= 4 is 16.8 Å². The summed E-state index contributed by atoms with van der Waals surface area (Å²) >= 11 is 0. The van der Waals surface area contributed by atoms with Crippen LogP contribution in [0.1, 0.15) is 19.8 Å². The maximum absolute atomic E-state index is 12.7. The number of piperidine rings is 1. The Hall–Kier alpha value is -1.85. The van der Waals surface area contributed by atoms with Crippen molar-refractivity contribution in [2.45, 2.75) is 38.5 Å². The van der Waals surface area contributed by atoms with E-state index in [1.165, 1.54) is 5.39 Å². The van der Waals surface area contributed by atoms with Crippen LogP contribution in [0.5, 0.6) is 0 Å². The van der Waals surface area contributed by atoms with E-state index in [4.69, 9.17) is 4.74 Å². The van der Waals surface area contributed by atoms with Gasteiger partial charge in [-0.25, -0.2) is 0 Å². The van der Waals surface area contributed by atoms with Crippen molar-refractivity contribution in [2.24, 2.45) is 0 Å². The van der Waals surface area contributed by atoms with Crippen LogP contribution >= 0.6 is 0 Å². The van der Waals surface area contributed by atoms with Crippen LogP contribution < -0.4 is 0 Å². The number of nitrogens with zero attached hydrogens (tertiary/aromatic N) is 3. The van der Waals surface area contributed by atoms with Crippen LogP contribution in [0, 0.1) is 0 Å². The van der Waals surface area contributed by atoms with Crippen LogP contribution in [-0.4, -0.2) is 65.2 Å². The first-order valence-corrected chi connectivity index (χ1v) is 9.38. The second kappa shape index (κ2) is 7.18. The standard InChI is InChI=1S/C20H27N3O2/c1-16-14-22(12-13-25-16)18-7-10-21(11-8-18)20(24)15-23-9-6-17-4-2-3-5-19(17)23/h2-6,9,16,18H,7-8,10-15H2,1H3/t16-/m1/s1. The number of hydrogen-bond acceptors (Lipinski definition) is 3. The molecule has 134 valence electrons. The van der Waals surface area contributed by atoms with E-state index in [1.54, 1.807) is 0 Å². The molecular weight excluding hydrogens is 314 g/mol. The number of ether oxygens (including phenoxy) is 1. The molecule has 1 aromatic heterocycles. The summed E-state index contributed by atoms with van der Waals surface area (Å²) < 4.78 is 7.71. The molecule has 0 radical (unpaired) electrons. The van der Waals surface area contributed by atoms with Gasteiger partial charge in [0.1, 0.15) is 6.54 Å². The van der Waals surface area contributed by atoms with Gasteiger partial charge in [0, 0.05) is 43.9 Å². The molecule has 0 unspecified atom stereocenters. The summed E-state index contributed by atoms with van der Waals surface area (Å²) in [4.78, 5) is 17.3. The lowest BCUT2D eigenvalue weighted by Crippen LogP contribution is -2.52. The van der Waals surface area contributed by atoms with E-state index >= 15 is 0 Å². The van der Waals surface area contributed by atoms with Crippen molar-refractivity contribution < 1.29 is 9.53 Å². The molecule has 2 aromatic rings. The van der Waals surface area contributed by atoms with E-state index in [1.807, 2.05) is 23.2 Å². The molecule has 4 rings (SSSR count). The summed E-state index contributed by atoms with van der Waals surface area (Å²) in [5.74, 6) is 0.232. The van der Waals surface area contributed by atoms with Crippen LogP contribution in [0.15, 0.2) is 36.5 Å². The smallest absolute Gasteiger partial charge is 0.242 e. The van der Waals surface area contributed by atoms with E-state index in [0.717, 1.165) is 51.1 Å². The van der Waals surface area contributed by atoms with Crippen molar-refractivity contribution in [3.05, 3.63) is 36.5 Å². The Kier molecular flexibility index (Phi) is 4.77. The molecule has 1 atom stereocenters. The molecule has 25 heavy (non-hydrogen) atoms. The lowest BCUT2D eigenvalue weighted by molar-refractivity contribution is -0.133. The van der Waals surface area contributed by atoms with Crippen LogP contribution in [0.3, 0.4) is 0 Å². The van der Waals surface area contributed by atoms with Gasteiger partial charge in [-0.1, -0.05) is 18.2 Å². The van der Waals surface area contributed by atoms with Crippen molar-refractivity contribution in [1.82, 2.24) is 14.4 Å². The average molecular weight is 341 g/mol. The maximum atomic E-state index is 12.7. The highest BCUT2D eigenvalue weighted by atomic mass is 16.5. The number of morpholine rings is 1. The first-order chi connectivity index (χ1) is 12.2. The fourth-order valence-electron chi connectivity index (χ4n) is 4.18. The second-order valence-corrected chi connectivity index (χ2v) is 7.29. The minimum absolute atomic E-state index is 0.232. The minimum atomic E-state index is 0.232. The first-order valence-electron chi connectivity index (χ1n) is 9.38. The van der Waals surface area contributed by atoms with E-state index < -0.39 is 0 Å². The number of carbonyl (C=O) groups is 1. The fraction of sp³-hybridized carbons (Fsp3) is 0.550. The molecular formula is C20H27N3O2. The highest BCUT2D eigenvalue weighted by Crippen LogP contribution is 2.20. The third kappa shape index (κ3) is 3.58. The predicted molar refractivity (Wildman–Crippen MR) is 98.5 cm³/mol. The topological polar surface area (TPSA) is 37.7 Å². The summed E-state index contributed by atoms with van der Waals surface area (Å²) in [5.41, 5.74) is 1.13. The zero-order valence-electron chi connectivity index (χ0n) is 14.9. The second-order valence-electron chi connectivity index (χ2n) is 7.29. The summed E-state index contributed by atoms with van der Waals surface area (Å²) in [7, 11) is 0. The van der Waals surface area contributed by atoms with Gasteiger partial charge in [0.05, 0.1) is 12.7 Å². The van der Waals surface area contributed by atoms with E-state index in [2.05, 4.69) is 34.6 Å². The first kappa shape index (κ1) is 16.6. The Labute approximate surface area is 149 Å². The number of para-hydroxylation sites is 1. The van der Waals surface area contributed by atoms with Gasteiger partial charge in [0.25, 0.3) is 0 Å². The number of hydrogen-bond donors (Lipinski definition) is 0. The molecule has 2 aliphatic heterocycles. The SMILES string of the molecule is C[C@@H]1CN(C2CCN(C(=O)Cn3ccc4ccccc43)CC2)CCO1. The van der Waals surface area contributed by atoms with Gasteiger partial charge in [0.2, 0.25) is 5.91 Å². The van der Waals surface area contributed by atoms with E-state index in [0.29, 0.717) is 18.7 Å². The average Bonchev–Trinajstić information content (AvgIpc) is 3.05. The van der Waals surface area contributed by atoms with Gasteiger partial charge in [-0.2, -0.15) is 0 Å². The maximum Gasteiger partial charge on any atom is 0.242 e. The fourth-order valence-corrected chi connectivity index (χ4v) is 4.18. The Morgan fingerprint density at radius 2 is 1.96 bits per heavy atom. The zero-order chi connectivity index (χ0) is 17.2. The van der Waals surface area contributed by atoms with Gasteiger partial charge in [-0.15, -0.1) is 0 Å². The van der Waals surface area contributed by atoms with Crippen molar-refractivity contribution in [2.75, 3.05) is 32.8 Å². The third-order valence-corrected chi connectivity index (χ3v) is 5.59. The number of carbonyl (C=O) groups excluding carboxylic acids is 1. The molecule has 3 heterocycles. The largest absolute Gasteiger partial charge is 0.376 e. The number of rotatable bonds is 3. The molecule has 1 aromatic carbocycles. The zero-order valence-corrected chi connectivity index (χ0v) is 14.9. The number of likely N-dealkylation sites (tertiary alicyclic amines) is 1. The number of fused-ring (bicyclic) bond motifs is 1. The lowest BCUT2D eigenvalue weighted by atomic mass is 10.0. The van der Waals surface area contributed by atoms with Gasteiger partial charge in [0.15, 0.2) is 0 Å². The Bertz CT molecular complexity index is 733. The van der Waals surface area contributed by atoms with Gasteiger partial charge in [-0.05, 0) is 37.3 Å². The molecule has 2 saturated heterocycles. The third-order valence-electron chi connectivity index (χ3n) is 5.59. The summed E-state index contributed by atoms with van der Waals surface area (Å²) in [6, 6.07) is 10.9. The van der Waals surface area contributed by atoms with E-state index in [-0.39, 0.29) is 5.91 Å². The molecule has 2 fully saturated rings. The van der Waals surface area contributed by atoms with Crippen LogP contribution in [0.25, 0.3) is 10.9 Å². The Morgan fingerprint density at radius 1 is 1.16 bits per heavy atom. The molecule has 2 aliphatic rings. The van der Waals surface area contributed by atoms with Crippen molar-refractivity contribution in [3.8, 4) is 0 Å². The van der Waals surface area contributed by atoms with Crippen molar-refractivity contribution in [1.29, 1.82) is 0 Å². The number of amides is 1. The molecule has 0 spiro atoms. The van der Waals surface area contributed by atoms with Gasteiger partial charge < -0.3 is 14.2 Å². The van der Waals surface area contributed by atoms with Gasteiger partial charge in [-0.3, -0.25) is 9.69 Å². The molecule has 5 heteroatoms. The normalized spacial score (nSPS) is 23.2. The highest BCUT2D eigenvalue weighted by Gasteiger charge is 2.29.